The van der Waals surface area contributed by atoms with E-state index in [1.54, 1.807) is 26.8 Å². The number of halogens is 2. The molecule has 0 fully saturated rings. The quantitative estimate of drug-likeness (QED) is 0.858. The van der Waals surface area contributed by atoms with E-state index in [-0.39, 0.29) is 17.5 Å². The maximum absolute atomic E-state index is 13.1. The minimum absolute atomic E-state index is 0.0848. The van der Waals surface area contributed by atoms with E-state index >= 15 is 0 Å². The maximum atomic E-state index is 13.1. The van der Waals surface area contributed by atoms with Gasteiger partial charge in [-0.25, -0.2) is 4.39 Å². The Bertz CT molecular complexity index is 429. The van der Waals surface area contributed by atoms with Crippen molar-refractivity contribution in [2.75, 3.05) is 6.54 Å². The van der Waals surface area contributed by atoms with Crippen LogP contribution >= 0.6 is 11.6 Å². The molecular weight excluding hydrogens is 257 g/mol. The lowest BCUT2D eigenvalue weighted by Crippen LogP contribution is -2.31. The molecule has 0 amide bonds. The second-order valence-electron chi connectivity index (χ2n) is 4.94. The second-order valence-corrected chi connectivity index (χ2v) is 5.35. The van der Waals surface area contributed by atoms with Crippen molar-refractivity contribution >= 4 is 17.6 Å². The number of benzene rings is 1. The number of carbonyl (C=O) groups excluding carboxylic acids is 1. The van der Waals surface area contributed by atoms with Crippen LogP contribution < -0.4 is 5.32 Å². The van der Waals surface area contributed by atoms with Crippen LogP contribution in [-0.4, -0.2) is 18.1 Å². The minimum atomic E-state index is -0.495. The minimum Gasteiger partial charge on any atom is -0.459 e. The Labute approximate surface area is 111 Å². The zero-order chi connectivity index (χ0) is 13.8. The average molecular weight is 274 g/mol. The van der Waals surface area contributed by atoms with Gasteiger partial charge in [0.05, 0.1) is 11.6 Å². The third kappa shape index (κ3) is 5.47. The van der Waals surface area contributed by atoms with Crippen molar-refractivity contribution in [2.24, 2.45) is 0 Å². The first-order valence-electron chi connectivity index (χ1n) is 5.64. The van der Waals surface area contributed by atoms with Crippen molar-refractivity contribution in [3.8, 4) is 0 Å². The predicted octanol–water partition coefficient (Wildman–Crippen LogP) is 2.91. The summed E-state index contributed by atoms with van der Waals surface area (Å²) in [6, 6.07) is 4.53. The highest BCUT2D eigenvalue weighted by atomic mass is 35.5. The fourth-order valence-corrected chi connectivity index (χ4v) is 1.45. The fraction of sp³-hybridized carbons (Fsp3) is 0.462. The van der Waals surface area contributed by atoms with Crippen LogP contribution in [0, 0.1) is 5.82 Å². The van der Waals surface area contributed by atoms with Crippen molar-refractivity contribution < 1.29 is 13.9 Å². The van der Waals surface area contributed by atoms with Gasteiger partial charge in [-0.15, -0.1) is 0 Å². The van der Waals surface area contributed by atoms with Crippen molar-refractivity contribution in [3.63, 3.8) is 0 Å². The number of rotatable bonds is 4. The molecule has 0 atom stereocenters. The Morgan fingerprint density at radius 3 is 2.67 bits per heavy atom. The number of esters is 1. The summed E-state index contributed by atoms with van der Waals surface area (Å²) in [6.45, 7) is 5.88. The molecule has 0 aliphatic carbocycles. The highest BCUT2D eigenvalue weighted by molar-refractivity contribution is 6.30. The molecule has 18 heavy (non-hydrogen) atoms. The van der Waals surface area contributed by atoms with Crippen LogP contribution in [0.4, 0.5) is 4.39 Å². The molecule has 1 aromatic rings. The highest BCUT2D eigenvalue weighted by Crippen LogP contribution is 2.15. The van der Waals surface area contributed by atoms with Gasteiger partial charge in [0.1, 0.15) is 11.4 Å². The van der Waals surface area contributed by atoms with Crippen LogP contribution in [-0.2, 0) is 16.1 Å². The fourth-order valence-electron chi connectivity index (χ4n) is 1.34. The normalized spacial score (nSPS) is 11.4. The van der Waals surface area contributed by atoms with Gasteiger partial charge in [0, 0.05) is 6.54 Å². The molecule has 0 heterocycles. The van der Waals surface area contributed by atoms with E-state index in [4.69, 9.17) is 16.3 Å². The molecule has 0 bridgehead atoms. The number of hydrogen-bond donors (Lipinski definition) is 1. The monoisotopic (exact) mass is 273 g/mol. The van der Waals surface area contributed by atoms with Crippen molar-refractivity contribution in [1.29, 1.82) is 0 Å². The van der Waals surface area contributed by atoms with E-state index in [0.29, 0.717) is 6.54 Å². The van der Waals surface area contributed by atoms with Crippen LogP contribution in [0.3, 0.4) is 0 Å². The smallest absolute Gasteiger partial charge is 0.320 e. The van der Waals surface area contributed by atoms with Crippen molar-refractivity contribution in [1.82, 2.24) is 5.32 Å². The summed E-state index contributed by atoms with van der Waals surface area (Å²) in [5, 5.41) is 2.98. The van der Waals surface area contributed by atoms with Crippen LogP contribution in [0.5, 0.6) is 0 Å². The Kier molecular flexibility index (Phi) is 5.11. The lowest BCUT2D eigenvalue weighted by Gasteiger charge is -2.19. The molecule has 0 radical (unpaired) electrons. The van der Waals surface area contributed by atoms with Crippen molar-refractivity contribution in [2.45, 2.75) is 32.9 Å². The number of hydrogen-bond acceptors (Lipinski definition) is 3. The average Bonchev–Trinajstić information content (AvgIpc) is 2.20. The van der Waals surface area contributed by atoms with Gasteiger partial charge in [-0.05, 0) is 38.5 Å². The maximum Gasteiger partial charge on any atom is 0.320 e. The van der Waals surface area contributed by atoms with Gasteiger partial charge in [0.15, 0.2) is 0 Å². The molecule has 0 spiro atoms. The molecule has 0 unspecified atom stereocenters. The molecule has 1 N–H and O–H groups in total. The topological polar surface area (TPSA) is 38.3 Å². The van der Waals surface area contributed by atoms with Gasteiger partial charge in [0.25, 0.3) is 0 Å². The summed E-state index contributed by atoms with van der Waals surface area (Å²) >= 11 is 5.57. The summed E-state index contributed by atoms with van der Waals surface area (Å²) < 4.78 is 18.3. The van der Waals surface area contributed by atoms with Gasteiger partial charge in [-0.3, -0.25) is 4.79 Å². The third-order valence-corrected chi connectivity index (χ3v) is 2.31. The van der Waals surface area contributed by atoms with Gasteiger partial charge < -0.3 is 10.1 Å². The van der Waals surface area contributed by atoms with Crippen molar-refractivity contribution in [3.05, 3.63) is 34.6 Å². The summed E-state index contributed by atoms with van der Waals surface area (Å²) in [5.41, 5.74) is 0.228. The van der Waals surface area contributed by atoms with E-state index in [2.05, 4.69) is 5.32 Å². The van der Waals surface area contributed by atoms with Crippen LogP contribution in [0.25, 0.3) is 0 Å². The standard InChI is InChI=1S/C13H17ClFNO2/c1-13(2,3)18-12(17)8-16-7-9-4-5-10(14)11(15)6-9/h4-6,16H,7-8H2,1-3H3. The van der Waals surface area contributed by atoms with Crippen LogP contribution in [0.15, 0.2) is 18.2 Å². The lowest BCUT2D eigenvalue weighted by molar-refractivity contribution is -0.153. The Morgan fingerprint density at radius 1 is 1.44 bits per heavy atom. The third-order valence-electron chi connectivity index (χ3n) is 2.00. The first-order valence-corrected chi connectivity index (χ1v) is 6.02. The predicted molar refractivity (Wildman–Crippen MR) is 69.0 cm³/mol. The van der Waals surface area contributed by atoms with Gasteiger partial charge in [-0.2, -0.15) is 0 Å². The SMILES string of the molecule is CC(C)(C)OC(=O)CNCc1ccc(Cl)c(F)c1. The first kappa shape index (κ1) is 14.9. The molecule has 3 nitrogen and oxygen atoms in total. The molecule has 1 rings (SSSR count). The Hall–Kier alpha value is -1.13. The molecule has 0 aliphatic rings. The molecule has 0 saturated carbocycles. The van der Waals surface area contributed by atoms with Gasteiger partial charge in [0.2, 0.25) is 0 Å². The van der Waals surface area contributed by atoms with Crippen LogP contribution in [0.1, 0.15) is 26.3 Å². The van der Waals surface area contributed by atoms with E-state index in [1.807, 2.05) is 0 Å². The number of ether oxygens (including phenoxy) is 1. The summed E-state index contributed by atoms with van der Waals surface area (Å²) in [5.74, 6) is -0.801. The largest absolute Gasteiger partial charge is 0.459 e. The number of carbonyl (C=O) groups is 1. The molecular formula is C13H17ClFNO2. The molecule has 100 valence electrons. The molecule has 0 aliphatic heterocycles. The summed E-state index contributed by atoms with van der Waals surface area (Å²) in [7, 11) is 0. The Balaban J connectivity index is 2.38. The number of nitrogens with one attached hydrogen (secondary N) is 1. The molecule has 0 saturated heterocycles. The summed E-state index contributed by atoms with van der Waals surface area (Å²) in [4.78, 5) is 11.4. The second kappa shape index (κ2) is 6.16. The van der Waals surface area contributed by atoms with Crippen LogP contribution in [0.2, 0.25) is 5.02 Å². The van der Waals surface area contributed by atoms with E-state index in [9.17, 15) is 9.18 Å². The highest BCUT2D eigenvalue weighted by Gasteiger charge is 2.15. The molecule has 0 aromatic heterocycles. The first-order chi connectivity index (χ1) is 8.28. The van der Waals surface area contributed by atoms with Gasteiger partial charge >= 0.3 is 5.97 Å². The molecule has 1 aromatic carbocycles. The molecule has 5 heteroatoms. The summed E-state index contributed by atoms with van der Waals surface area (Å²) in [6.07, 6.45) is 0. The zero-order valence-electron chi connectivity index (χ0n) is 10.7. The van der Waals surface area contributed by atoms with E-state index < -0.39 is 11.4 Å². The van der Waals surface area contributed by atoms with E-state index in [1.165, 1.54) is 12.1 Å². The Morgan fingerprint density at radius 2 is 2.11 bits per heavy atom. The van der Waals surface area contributed by atoms with E-state index in [0.717, 1.165) is 5.56 Å². The van der Waals surface area contributed by atoms with Gasteiger partial charge in [-0.1, -0.05) is 17.7 Å². The lowest BCUT2D eigenvalue weighted by atomic mass is 10.2. The zero-order valence-corrected chi connectivity index (χ0v) is 11.5.